The van der Waals surface area contributed by atoms with Crippen molar-refractivity contribution in [3.63, 3.8) is 0 Å². The van der Waals surface area contributed by atoms with Crippen molar-refractivity contribution in [2.24, 2.45) is 7.05 Å². The number of carbonyl (C=O) groups is 1. The molecule has 1 fully saturated rings. The van der Waals surface area contributed by atoms with Gasteiger partial charge in [-0.25, -0.2) is 14.4 Å². The van der Waals surface area contributed by atoms with Crippen LogP contribution in [0.3, 0.4) is 0 Å². The standard InChI is InChI=1S/C31H34FN5O3.C4H10O/c1-18-21-6-5-13-40-30(21)25(32)15-22(18)29-23(17-28(38)39)19(2)34-31-24(29)16-26(36(31)4)20-7-8-33-27(14-20)37-11-9-35(3)10-12-37;1-4(2,3)5/h7-8,14-16H,5-6,9-13,17H2,1-4H3,(H,38,39);5H,1-3H3. The van der Waals surface area contributed by atoms with Crippen molar-refractivity contribution in [1.29, 1.82) is 0 Å². The molecule has 0 saturated carbocycles. The van der Waals surface area contributed by atoms with Crippen LogP contribution in [0.25, 0.3) is 33.4 Å². The van der Waals surface area contributed by atoms with Crippen LogP contribution < -0.4 is 9.64 Å². The summed E-state index contributed by atoms with van der Waals surface area (Å²) in [5.41, 5.74) is 6.58. The lowest BCUT2D eigenvalue weighted by Crippen LogP contribution is -2.44. The summed E-state index contributed by atoms with van der Waals surface area (Å²) in [6.07, 6.45) is 3.17. The van der Waals surface area contributed by atoms with Gasteiger partial charge in [-0.05, 0) is 101 Å². The Morgan fingerprint density at radius 1 is 1.09 bits per heavy atom. The van der Waals surface area contributed by atoms with Gasteiger partial charge in [0.05, 0.1) is 24.3 Å². The molecule has 0 radical (unpaired) electrons. The zero-order valence-electron chi connectivity index (χ0n) is 27.4. The zero-order valence-corrected chi connectivity index (χ0v) is 27.4. The SMILES string of the molecule is CC(C)(C)O.Cc1nc2c(cc(-c3ccnc(N4CCN(C)CC4)c3)n2C)c(-c2cc(F)c3c(c2C)CCCO3)c1CC(=O)O. The van der Waals surface area contributed by atoms with Crippen molar-refractivity contribution in [2.75, 3.05) is 44.7 Å². The highest BCUT2D eigenvalue weighted by molar-refractivity contribution is 6.01. The summed E-state index contributed by atoms with van der Waals surface area (Å²) in [7, 11) is 4.10. The predicted octanol–water partition coefficient (Wildman–Crippen LogP) is 5.54. The molecule has 10 heteroatoms. The maximum Gasteiger partial charge on any atom is 0.307 e. The summed E-state index contributed by atoms with van der Waals surface area (Å²) < 4.78 is 23.1. The molecule has 240 valence electrons. The Morgan fingerprint density at radius 2 is 1.78 bits per heavy atom. The number of aliphatic carboxylic acids is 1. The number of halogens is 1. The number of hydrogen-bond acceptors (Lipinski definition) is 7. The first-order valence-corrected chi connectivity index (χ1v) is 15.5. The highest BCUT2D eigenvalue weighted by Crippen LogP contribution is 2.43. The summed E-state index contributed by atoms with van der Waals surface area (Å²) >= 11 is 0. The van der Waals surface area contributed by atoms with Gasteiger partial charge in [-0.15, -0.1) is 0 Å². The number of rotatable bonds is 5. The van der Waals surface area contributed by atoms with E-state index in [1.54, 1.807) is 20.8 Å². The molecule has 1 saturated heterocycles. The van der Waals surface area contributed by atoms with Crippen LogP contribution in [-0.2, 0) is 24.7 Å². The van der Waals surface area contributed by atoms with Crippen LogP contribution in [0.4, 0.5) is 10.2 Å². The fourth-order valence-electron chi connectivity index (χ4n) is 6.14. The van der Waals surface area contributed by atoms with Gasteiger partial charge in [0, 0.05) is 61.6 Å². The first-order chi connectivity index (χ1) is 21.2. The monoisotopic (exact) mass is 617 g/mol. The number of carboxylic acids is 1. The Kier molecular flexibility index (Phi) is 9.19. The smallest absolute Gasteiger partial charge is 0.307 e. The minimum Gasteiger partial charge on any atom is -0.490 e. The number of nitrogens with zero attached hydrogens (tertiary/aromatic N) is 5. The number of hydrogen-bond donors (Lipinski definition) is 2. The van der Waals surface area contributed by atoms with Gasteiger partial charge in [-0.2, -0.15) is 0 Å². The fraction of sp³-hybridized carbons (Fsp3) is 0.457. The minimum atomic E-state index is -0.952. The first-order valence-electron chi connectivity index (χ1n) is 15.5. The van der Waals surface area contributed by atoms with Crippen molar-refractivity contribution >= 4 is 22.8 Å². The van der Waals surface area contributed by atoms with E-state index in [9.17, 15) is 9.90 Å². The fourth-order valence-corrected chi connectivity index (χ4v) is 6.14. The summed E-state index contributed by atoms with van der Waals surface area (Å²) in [5, 5.41) is 19.1. The highest BCUT2D eigenvalue weighted by Gasteiger charge is 2.27. The Labute approximate surface area is 264 Å². The second kappa shape index (κ2) is 12.8. The van der Waals surface area contributed by atoms with Crippen LogP contribution in [0.2, 0.25) is 0 Å². The van der Waals surface area contributed by atoms with E-state index in [1.807, 2.05) is 37.7 Å². The Bertz CT molecular complexity index is 1730. The number of aromatic nitrogens is 3. The van der Waals surface area contributed by atoms with Crippen molar-refractivity contribution < 1.29 is 24.1 Å². The van der Waals surface area contributed by atoms with Gasteiger partial charge >= 0.3 is 5.97 Å². The third-order valence-electron chi connectivity index (χ3n) is 8.38. The van der Waals surface area contributed by atoms with Crippen LogP contribution in [0.15, 0.2) is 30.5 Å². The Hall–Kier alpha value is -4.02. The third-order valence-corrected chi connectivity index (χ3v) is 8.38. The molecule has 0 spiro atoms. The quantitative estimate of drug-likeness (QED) is 0.301. The van der Waals surface area contributed by atoms with E-state index in [1.165, 1.54) is 6.07 Å². The maximum absolute atomic E-state index is 15.4. The zero-order chi connectivity index (χ0) is 32.6. The van der Waals surface area contributed by atoms with Gasteiger partial charge in [-0.1, -0.05) is 0 Å². The molecule has 45 heavy (non-hydrogen) atoms. The first kappa shape index (κ1) is 32.4. The summed E-state index contributed by atoms with van der Waals surface area (Å²) in [6.45, 7) is 13.3. The average molecular weight is 618 g/mol. The van der Waals surface area contributed by atoms with Crippen LogP contribution in [-0.4, -0.2) is 81.1 Å². The molecule has 3 aromatic heterocycles. The average Bonchev–Trinajstić information content (AvgIpc) is 3.30. The number of pyridine rings is 2. The number of benzene rings is 1. The maximum atomic E-state index is 15.4. The van der Waals surface area contributed by atoms with Gasteiger partial charge in [0.15, 0.2) is 11.6 Å². The normalized spacial score (nSPS) is 15.4. The number of aryl methyl sites for hydroxylation is 2. The number of fused-ring (bicyclic) bond motifs is 2. The van der Waals surface area contributed by atoms with Crippen LogP contribution in [0.1, 0.15) is 49.6 Å². The van der Waals surface area contributed by atoms with Crippen LogP contribution in [0.5, 0.6) is 5.75 Å². The van der Waals surface area contributed by atoms with E-state index in [-0.39, 0.29) is 6.42 Å². The van der Waals surface area contributed by atoms with Crippen LogP contribution in [0, 0.1) is 19.7 Å². The molecule has 5 heterocycles. The molecule has 0 amide bonds. The summed E-state index contributed by atoms with van der Waals surface area (Å²) in [6, 6.07) is 7.65. The third kappa shape index (κ3) is 6.97. The van der Waals surface area contributed by atoms with Gasteiger partial charge in [0.1, 0.15) is 11.5 Å². The van der Waals surface area contributed by atoms with E-state index in [4.69, 9.17) is 14.8 Å². The van der Waals surface area contributed by atoms with Crippen molar-refractivity contribution in [3.05, 3.63) is 58.7 Å². The van der Waals surface area contributed by atoms with E-state index >= 15 is 4.39 Å². The topological polar surface area (TPSA) is 104 Å². The second-order valence-corrected chi connectivity index (χ2v) is 13.1. The summed E-state index contributed by atoms with van der Waals surface area (Å²) in [4.78, 5) is 26.1. The number of ether oxygens (including phenoxy) is 1. The Morgan fingerprint density at radius 3 is 2.44 bits per heavy atom. The molecule has 2 aliphatic heterocycles. The van der Waals surface area contributed by atoms with Gasteiger partial charge in [0.2, 0.25) is 0 Å². The summed E-state index contributed by atoms with van der Waals surface area (Å²) in [5.74, 6) is -0.121. The molecule has 6 rings (SSSR count). The highest BCUT2D eigenvalue weighted by atomic mass is 19.1. The molecule has 4 aromatic rings. The lowest BCUT2D eigenvalue weighted by atomic mass is 9.87. The largest absolute Gasteiger partial charge is 0.490 e. The number of aliphatic hydroxyl groups is 1. The molecule has 9 nitrogen and oxygen atoms in total. The van der Waals surface area contributed by atoms with Crippen molar-refractivity contribution in [2.45, 2.75) is 59.5 Å². The molecule has 0 atom stereocenters. The van der Waals surface area contributed by atoms with Gasteiger partial charge < -0.3 is 29.3 Å². The molecule has 2 N–H and O–H groups in total. The molecule has 0 bridgehead atoms. The van der Waals surface area contributed by atoms with Crippen LogP contribution >= 0.6 is 0 Å². The van der Waals surface area contributed by atoms with E-state index in [0.717, 1.165) is 83.8 Å². The van der Waals surface area contributed by atoms with Gasteiger partial charge in [-0.3, -0.25) is 4.79 Å². The Balaban J connectivity index is 0.000000743. The number of piperazine rings is 1. The lowest BCUT2D eigenvalue weighted by Gasteiger charge is -2.33. The number of carboxylic acid groups (broad SMARTS) is 1. The van der Waals surface area contributed by atoms with Crippen molar-refractivity contribution in [1.82, 2.24) is 19.4 Å². The minimum absolute atomic E-state index is 0.203. The second-order valence-electron chi connectivity index (χ2n) is 13.1. The van der Waals surface area contributed by atoms with E-state index in [2.05, 4.69) is 34.0 Å². The van der Waals surface area contributed by atoms with E-state index in [0.29, 0.717) is 29.2 Å². The van der Waals surface area contributed by atoms with Crippen molar-refractivity contribution in [3.8, 4) is 28.1 Å². The molecule has 0 unspecified atom stereocenters. The molecule has 0 aliphatic carbocycles. The molecular weight excluding hydrogens is 573 g/mol. The predicted molar refractivity (Wildman–Crippen MR) is 176 cm³/mol. The lowest BCUT2D eigenvalue weighted by molar-refractivity contribution is -0.136. The van der Waals surface area contributed by atoms with E-state index < -0.39 is 17.4 Å². The number of likely N-dealkylation sites (N-methyl/N-ethyl adjacent to an activating group) is 1. The molecular formula is C35H44FN5O4. The number of anilines is 1. The molecule has 2 aliphatic rings. The van der Waals surface area contributed by atoms with Gasteiger partial charge in [0.25, 0.3) is 0 Å². The molecule has 1 aromatic carbocycles.